The number of pyridine rings is 1. The molecule has 6 nitrogen and oxygen atoms in total. The Kier molecular flexibility index (Phi) is 2.87. The van der Waals surface area contributed by atoms with Crippen molar-refractivity contribution in [2.75, 3.05) is 5.73 Å². The highest BCUT2D eigenvalue weighted by molar-refractivity contribution is 7.92. The molecule has 0 unspecified atom stereocenters. The monoisotopic (exact) mass is 303 g/mol. The lowest BCUT2D eigenvalue weighted by atomic mass is 10.2. The first-order valence-corrected chi connectivity index (χ1v) is 7.67. The molecule has 7 heteroatoms. The van der Waals surface area contributed by atoms with Crippen LogP contribution in [0, 0.1) is 6.92 Å². The lowest BCUT2D eigenvalue weighted by molar-refractivity contribution is 0.205. The van der Waals surface area contributed by atoms with Crippen molar-refractivity contribution in [1.82, 2.24) is 9.71 Å². The average molecular weight is 303 g/mol. The molecule has 0 saturated carbocycles. The van der Waals surface area contributed by atoms with Crippen molar-refractivity contribution in [3.63, 3.8) is 0 Å². The standard InChI is InChI=1S/C14H13N3O3S/c1-9-4-6-10(7-5-9)21(19,20)13-12-11(3-2-8-16-12)17(18)14(13)15/h2-8,18H,15H2,1H3. The Balaban J connectivity index is 2.34. The molecule has 0 fully saturated rings. The molecule has 0 atom stereocenters. The third-order valence-electron chi connectivity index (χ3n) is 3.29. The molecule has 2 heterocycles. The zero-order valence-electron chi connectivity index (χ0n) is 11.2. The minimum absolute atomic E-state index is 0.109. The zero-order chi connectivity index (χ0) is 15.2. The van der Waals surface area contributed by atoms with Crippen LogP contribution in [0.5, 0.6) is 0 Å². The Morgan fingerprint density at radius 3 is 2.52 bits per heavy atom. The van der Waals surface area contributed by atoms with Crippen LogP contribution in [0.2, 0.25) is 0 Å². The van der Waals surface area contributed by atoms with Crippen molar-refractivity contribution < 1.29 is 13.6 Å². The summed E-state index contributed by atoms with van der Waals surface area (Å²) in [5, 5.41) is 9.92. The molecular formula is C14H13N3O3S. The van der Waals surface area contributed by atoms with Crippen LogP contribution in [0.1, 0.15) is 5.56 Å². The molecule has 0 aliphatic carbocycles. The van der Waals surface area contributed by atoms with E-state index in [4.69, 9.17) is 5.73 Å². The van der Waals surface area contributed by atoms with Crippen molar-refractivity contribution in [2.24, 2.45) is 0 Å². The quantitative estimate of drug-likeness (QED) is 0.705. The van der Waals surface area contributed by atoms with Gasteiger partial charge in [0, 0.05) is 6.20 Å². The van der Waals surface area contributed by atoms with Crippen LogP contribution < -0.4 is 5.73 Å². The van der Waals surface area contributed by atoms with Gasteiger partial charge in [-0.3, -0.25) is 4.98 Å². The number of nitrogens with two attached hydrogens (primary N) is 1. The van der Waals surface area contributed by atoms with E-state index in [0.29, 0.717) is 4.73 Å². The van der Waals surface area contributed by atoms with Gasteiger partial charge in [0.15, 0.2) is 5.82 Å². The summed E-state index contributed by atoms with van der Waals surface area (Å²) in [6, 6.07) is 9.56. The van der Waals surface area contributed by atoms with Crippen LogP contribution in [-0.4, -0.2) is 23.3 Å². The number of hydrogen-bond donors (Lipinski definition) is 2. The summed E-state index contributed by atoms with van der Waals surface area (Å²) in [6.07, 6.45) is 1.45. The predicted octanol–water partition coefficient (Wildman–Crippen LogP) is 2.00. The van der Waals surface area contributed by atoms with E-state index in [9.17, 15) is 13.6 Å². The molecule has 21 heavy (non-hydrogen) atoms. The van der Waals surface area contributed by atoms with Crippen LogP contribution in [0.15, 0.2) is 52.4 Å². The van der Waals surface area contributed by atoms with Crippen LogP contribution in [0.4, 0.5) is 5.82 Å². The fourth-order valence-electron chi connectivity index (χ4n) is 2.19. The van der Waals surface area contributed by atoms with E-state index in [2.05, 4.69) is 4.98 Å². The molecule has 0 aliphatic rings. The van der Waals surface area contributed by atoms with E-state index in [1.165, 1.54) is 18.3 Å². The first kappa shape index (κ1) is 13.4. The van der Waals surface area contributed by atoms with Crippen molar-refractivity contribution in [3.05, 3.63) is 48.2 Å². The summed E-state index contributed by atoms with van der Waals surface area (Å²) < 4.78 is 26.1. The van der Waals surface area contributed by atoms with Crippen LogP contribution >= 0.6 is 0 Å². The van der Waals surface area contributed by atoms with Crippen molar-refractivity contribution in [1.29, 1.82) is 0 Å². The SMILES string of the molecule is Cc1ccc(S(=O)(=O)c2c(N)n(O)c3cccnc23)cc1. The molecule has 3 aromatic rings. The second kappa shape index (κ2) is 4.49. The number of hydrogen-bond acceptors (Lipinski definition) is 5. The number of nitrogens with zero attached hydrogens (tertiary/aromatic N) is 2. The van der Waals surface area contributed by atoms with Gasteiger partial charge in [0.1, 0.15) is 15.9 Å². The van der Waals surface area contributed by atoms with Crippen molar-refractivity contribution in [3.8, 4) is 0 Å². The van der Waals surface area contributed by atoms with E-state index in [1.54, 1.807) is 24.3 Å². The number of aryl methyl sites for hydroxylation is 1. The molecule has 3 rings (SSSR count). The molecule has 3 N–H and O–H groups in total. The fraction of sp³-hybridized carbons (Fsp3) is 0.0714. The molecule has 2 aromatic heterocycles. The lowest BCUT2D eigenvalue weighted by Gasteiger charge is -2.04. The number of sulfone groups is 1. The number of rotatable bonds is 2. The fourth-order valence-corrected chi connectivity index (χ4v) is 3.69. The molecule has 0 radical (unpaired) electrons. The van der Waals surface area contributed by atoms with E-state index in [1.807, 2.05) is 6.92 Å². The summed E-state index contributed by atoms with van der Waals surface area (Å²) in [5.74, 6) is -0.246. The van der Waals surface area contributed by atoms with E-state index >= 15 is 0 Å². The van der Waals surface area contributed by atoms with Crippen LogP contribution in [0.3, 0.4) is 0 Å². The van der Waals surface area contributed by atoms with Gasteiger partial charge in [-0.1, -0.05) is 17.7 Å². The van der Waals surface area contributed by atoms with Gasteiger partial charge >= 0.3 is 0 Å². The third kappa shape index (κ3) is 1.93. The van der Waals surface area contributed by atoms with Crippen molar-refractivity contribution >= 4 is 26.7 Å². The van der Waals surface area contributed by atoms with Gasteiger partial charge in [-0.05, 0) is 31.2 Å². The smallest absolute Gasteiger partial charge is 0.212 e. The number of aromatic nitrogens is 2. The maximum Gasteiger partial charge on any atom is 0.212 e. The summed E-state index contributed by atoms with van der Waals surface area (Å²) in [4.78, 5) is 3.96. The molecule has 0 bridgehead atoms. The highest BCUT2D eigenvalue weighted by Gasteiger charge is 2.28. The topological polar surface area (TPSA) is 98.2 Å². The van der Waals surface area contributed by atoms with Crippen LogP contribution in [-0.2, 0) is 9.84 Å². The number of nitrogen functional groups attached to an aromatic ring is 1. The molecule has 0 amide bonds. The maximum atomic E-state index is 12.7. The Labute approximate surface area is 121 Å². The van der Waals surface area contributed by atoms with Gasteiger partial charge in [-0.15, -0.1) is 0 Å². The Bertz CT molecular complexity index is 928. The summed E-state index contributed by atoms with van der Waals surface area (Å²) >= 11 is 0. The Morgan fingerprint density at radius 1 is 1.19 bits per heavy atom. The highest BCUT2D eigenvalue weighted by Crippen LogP contribution is 2.33. The second-order valence-electron chi connectivity index (χ2n) is 4.71. The van der Waals surface area contributed by atoms with Gasteiger partial charge in [0.05, 0.1) is 4.90 Å². The second-order valence-corrected chi connectivity index (χ2v) is 6.60. The van der Waals surface area contributed by atoms with E-state index in [0.717, 1.165) is 5.56 Å². The maximum absolute atomic E-state index is 12.7. The van der Waals surface area contributed by atoms with Gasteiger partial charge in [0.2, 0.25) is 9.84 Å². The molecule has 0 spiro atoms. The summed E-state index contributed by atoms with van der Waals surface area (Å²) in [6.45, 7) is 1.87. The highest BCUT2D eigenvalue weighted by atomic mass is 32.2. The molecule has 0 aliphatic heterocycles. The van der Waals surface area contributed by atoms with Crippen molar-refractivity contribution in [2.45, 2.75) is 16.7 Å². The molecule has 0 saturated heterocycles. The normalized spacial score (nSPS) is 11.9. The van der Waals surface area contributed by atoms with E-state index in [-0.39, 0.29) is 26.6 Å². The zero-order valence-corrected chi connectivity index (χ0v) is 12.0. The van der Waals surface area contributed by atoms with Gasteiger partial charge in [-0.2, -0.15) is 4.73 Å². The number of benzene rings is 1. The Morgan fingerprint density at radius 2 is 1.86 bits per heavy atom. The predicted molar refractivity (Wildman–Crippen MR) is 78.0 cm³/mol. The van der Waals surface area contributed by atoms with Gasteiger partial charge < -0.3 is 10.9 Å². The van der Waals surface area contributed by atoms with Gasteiger partial charge in [0.25, 0.3) is 0 Å². The first-order valence-electron chi connectivity index (χ1n) is 6.19. The molecule has 1 aromatic carbocycles. The third-order valence-corrected chi connectivity index (χ3v) is 5.12. The van der Waals surface area contributed by atoms with Crippen LogP contribution in [0.25, 0.3) is 11.0 Å². The number of anilines is 1. The number of fused-ring (bicyclic) bond motifs is 1. The van der Waals surface area contributed by atoms with Gasteiger partial charge in [-0.25, -0.2) is 8.42 Å². The molecular weight excluding hydrogens is 290 g/mol. The lowest BCUT2D eigenvalue weighted by Crippen LogP contribution is -2.06. The Hall–Kier alpha value is -2.54. The minimum Gasteiger partial charge on any atom is -0.426 e. The summed E-state index contributed by atoms with van der Waals surface area (Å²) in [7, 11) is -3.86. The minimum atomic E-state index is -3.86. The first-order chi connectivity index (χ1) is 9.93. The van der Waals surface area contributed by atoms with E-state index < -0.39 is 9.84 Å². The largest absolute Gasteiger partial charge is 0.426 e. The average Bonchev–Trinajstić information content (AvgIpc) is 2.72. The molecule has 108 valence electrons. The summed E-state index contributed by atoms with van der Waals surface area (Å²) in [5.41, 5.74) is 7.11.